The van der Waals surface area contributed by atoms with Crippen molar-refractivity contribution in [3.05, 3.63) is 26.8 Å². The van der Waals surface area contributed by atoms with Crippen LogP contribution in [0.15, 0.2) is 18.2 Å². The van der Waals surface area contributed by atoms with Crippen LogP contribution in [0, 0.1) is 3.57 Å². The van der Waals surface area contributed by atoms with Gasteiger partial charge in [-0.3, -0.25) is 0 Å². The molecule has 0 heterocycles. The van der Waals surface area contributed by atoms with Gasteiger partial charge in [0.05, 0.1) is 10.7 Å². The van der Waals surface area contributed by atoms with Crippen molar-refractivity contribution in [2.75, 3.05) is 25.6 Å². The highest BCUT2D eigenvalue weighted by molar-refractivity contribution is 14.1. The Morgan fingerprint density at radius 3 is 2.87 bits per heavy atom. The quantitative estimate of drug-likeness (QED) is 0.629. The summed E-state index contributed by atoms with van der Waals surface area (Å²) in [6.45, 7) is 1.76. The van der Waals surface area contributed by atoms with Crippen molar-refractivity contribution in [3.8, 4) is 0 Å². The molecule has 0 unspecified atom stereocenters. The standard InChI is InChI=1S/C11H15ClINO/c1-15-7-3-2-6-14-11-5-4-9(13)8-10(11)12/h4-5,8,14H,2-3,6-7H2,1H3. The van der Waals surface area contributed by atoms with E-state index in [1.165, 1.54) is 0 Å². The van der Waals surface area contributed by atoms with Gasteiger partial charge in [0, 0.05) is 23.8 Å². The van der Waals surface area contributed by atoms with Gasteiger partial charge < -0.3 is 10.1 Å². The summed E-state index contributed by atoms with van der Waals surface area (Å²) in [5.74, 6) is 0. The molecule has 84 valence electrons. The topological polar surface area (TPSA) is 21.3 Å². The van der Waals surface area contributed by atoms with E-state index in [2.05, 4.69) is 27.9 Å². The minimum atomic E-state index is 0.786. The van der Waals surface area contributed by atoms with Crippen LogP contribution < -0.4 is 5.32 Å². The Balaban J connectivity index is 2.31. The number of unbranched alkanes of at least 4 members (excludes halogenated alkanes) is 1. The van der Waals surface area contributed by atoms with Gasteiger partial charge in [0.25, 0.3) is 0 Å². The highest BCUT2D eigenvalue weighted by Crippen LogP contribution is 2.23. The monoisotopic (exact) mass is 339 g/mol. The number of rotatable bonds is 6. The van der Waals surface area contributed by atoms with Gasteiger partial charge in [-0.25, -0.2) is 0 Å². The third-order valence-electron chi connectivity index (χ3n) is 2.02. The Morgan fingerprint density at radius 1 is 1.40 bits per heavy atom. The fourth-order valence-electron chi connectivity index (χ4n) is 1.23. The molecule has 0 spiro atoms. The van der Waals surface area contributed by atoms with Gasteiger partial charge in [0.1, 0.15) is 0 Å². The number of ether oxygens (including phenoxy) is 1. The van der Waals surface area contributed by atoms with E-state index in [-0.39, 0.29) is 0 Å². The molecule has 0 atom stereocenters. The Kier molecular flexibility index (Phi) is 6.36. The van der Waals surface area contributed by atoms with Crippen LogP contribution in [0.3, 0.4) is 0 Å². The number of methoxy groups -OCH3 is 1. The average Bonchev–Trinajstić information content (AvgIpc) is 2.20. The SMILES string of the molecule is COCCCCNc1ccc(I)cc1Cl. The summed E-state index contributed by atoms with van der Waals surface area (Å²) in [5.41, 5.74) is 1.01. The van der Waals surface area contributed by atoms with Crippen LogP contribution in [0.1, 0.15) is 12.8 Å². The fourth-order valence-corrected chi connectivity index (χ4v) is 2.15. The zero-order valence-corrected chi connectivity index (χ0v) is 11.6. The number of anilines is 1. The number of hydrogen-bond acceptors (Lipinski definition) is 2. The van der Waals surface area contributed by atoms with Crippen molar-refractivity contribution in [1.82, 2.24) is 0 Å². The third-order valence-corrected chi connectivity index (χ3v) is 3.01. The molecule has 0 fully saturated rings. The van der Waals surface area contributed by atoms with Crippen LogP contribution in [0.4, 0.5) is 5.69 Å². The van der Waals surface area contributed by atoms with Gasteiger partial charge in [0.2, 0.25) is 0 Å². The molecule has 15 heavy (non-hydrogen) atoms. The molecule has 0 saturated heterocycles. The molecule has 4 heteroatoms. The predicted octanol–water partition coefficient (Wildman–Crippen LogP) is 3.78. The molecule has 0 aliphatic rings. The summed E-state index contributed by atoms with van der Waals surface area (Å²) in [5, 5.41) is 4.09. The van der Waals surface area contributed by atoms with Crippen LogP contribution in [0.5, 0.6) is 0 Å². The van der Waals surface area contributed by atoms with Crippen molar-refractivity contribution in [1.29, 1.82) is 0 Å². The van der Waals surface area contributed by atoms with Crippen LogP contribution in [-0.4, -0.2) is 20.3 Å². The van der Waals surface area contributed by atoms with E-state index in [0.29, 0.717) is 0 Å². The summed E-state index contributed by atoms with van der Waals surface area (Å²) in [7, 11) is 1.73. The van der Waals surface area contributed by atoms with Gasteiger partial charge in [0.15, 0.2) is 0 Å². The second-order valence-electron chi connectivity index (χ2n) is 3.25. The highest BCUT2D eigenvalue weighted by Gasteiger charge is 1.99. The molecule has 1 rings (SSSR count). The zero-order chi connectivity index (χ0) is 11.1. The van der Waals surface area contributed by atoms with Crippen molar-refractivity contribution in [2.45, 2.75) is 12.8 Å². The summed E-state index contributed by atoms with van der Waals surface area (Å²) in [6, 6.07) is 6.02. The molecule has 0 amide bonds. The van der Waals surface area contributed by atoms with Crippen LogP contribution in [0.25, 0.3) is 0 Å². The number of nitrogens with one attached hydrogen (secondary N) is 1. The first-order valence-electron chi connectivity index (χ1n) is 4.92. The number of halogens is 2. The maximum Gasteiger partial charge on any atom is 0.0648 e. The molecule has 2 nitrogen and oxygen atoms in total. The van der Waals surface area contributed by atoms with Crippen LogP contribution in [0.2, 0.25) is 5.02 Å². The number of benzene rings is 1. The maximum absolute atomic E-state index is 6.08. The molecule has 1 aromatic carbocycles. The second-order valence-corrected chi connectivity index (χ2v) is 4.90. The molecular weight excluding hydrogens is 324 g/mol. The van der Waals surface area contributed by atoms with Crippen molar-refractivity contribution in [2.24, 2.45) is 0 Å². The first-order chi connectivity index (χ1) is 7.24. The van der Waals surface area contributed by atoms with Crippen LogP contribution >= 0.6 is 34.2 Å². The molecular formula is C11H15ClINO. The van der Waals surface area contributed by atoms with E-state index in [4.69, 9.17) is 16.3 Å². The fraction of sp³-hybridized carbons (Fsp3) is 0.455. The summed E-state index contributed by atoms with van der Waals surface area (Å²) in [4.78, 5) is 0. The van der Waals surface area contributed by atoms with Crippen molar-refractivity contribution >= 4 is 39.9 Å². The first-order valence-corrected chi connectivity index (χ1v) is 6.37. The average molecular weight is 340 g/mol. The van der Waals surface area contributed by atoms with E-state index in [1.807, 2.05) is 18.2 Å². The molecule has 0 aliphatic carbocycles. The first kappa shape index (κ1) is 13.1. The van der Waals surface area contributed by atoms with E-state index >= 15 is 0 Å². The van der Waals surface area contributed by atoms with Gasteiger partial charge in [-0.2, -0.15) is 0 Å². The Labute approximate surface area is 109 Å². The normalized spacial score (nSPS) is 10.3. The van der Waals surface area contributed by atoms with E-state index in [9.17, 15) is 0 Å². The predicted molar refractivity (Wildman–Crippen MR) is 73.8 cm³/mol. The van der Waals surface area contributed by atoms with Crippen molar-refractivity contribution in [3.63, 3.8) is 0 Å². The molecule has 0 aromatic heterocycles. The largest absolute Gasteiger partial charge is 0.385 e. The molecule has 0 radical (unpaired) electrons. The van der Waals surface area contributed by atoms with Gasteiger partial charge >= 0.3 is 0 Å². The molecule has 0 saturated carbocycles. The van der Waals surface area contributed by atoms with Crippen LogP contribution in [-0.2, 0) is 4.74 Å². The Morgan fingerprint density at radius 2 is 2.20 bits per heavy atom. The van der Waals surface area contributed by atoms with E-state index in [1.54, 1.807) is 7.11 Å². The van der Waals surface area contributed by atoms with E-state index < -0.39 is 0 Å². The van der Waals surface area contributed by atoms with Crippen molar-refractivity contribution < 1.29 is 4.74 Å². The summed E-state index contributed by atoms with van der Waals surface area (Å²) < 4.78 is 6.13. The summed E-state index contributed by atoms with van der Waals surface area (Å²) in [6.07, 6.45) is 2.17. The zero-order valence-electron chi connectivity index (χ0n) is 8.72. The van der Waals surface area contributed by atoms with E-state index in [0.717, 1.165) is 40.3 Å². The lowest BCUT2D eigenvalue weighted by Gasteiger charge is -2.08. The molecule has 0 bridgehead atoms. The Bertz CT molecular complexity index is 307. The lowest BCUT2D eigenvalue weighted by atomic mass is 10.3. The van der Waals surface area contributed by atoms with Gasteiger partial charge in [-0.15, -0.1) is 0 Å². The Hall–Kier alpha value is -0.0000000000000000555. The molecule has 1 aromatic rings. The lowest BCUT2D eigenvalue weighted by molar-refractivity contribution is 0.194. The van der Waals surface area contributed by atoms with Gasteiger partial charge in [-0.1, -0.05) is 11.6 Å². The highest BCUT2D eigenvalue weighted by atomic mass is 127. The molecule has 0 aliphatic heterocycles. The lowest BCUT2D eigenvalue weighted by Crippen LogP contribution is -2.03. The maximum atomic E-state index is 6.08. The minimum absolute atomic E-state index is 0.786. The smallest absolute Gasteiger partial charge is 0.0648 e. The van der Waals surface area contributed by atoms with Gasteiger partial charge in [-0.05, 0) is 53.6 Å². The summed E-state index contributed by atoms with van der Waals surface area (Å²) >= 11 is 8.33. The number of hydrogen-bond donors (Lipinski definition) is 1. The molecule has 1 N–H and O–H groups in total. The second kappa shape index (κ2) is 7.30. The third kappa shape index (κ3) is 5.04. The minimum Gasteiger partial charge on any atom is -0.385 e.